The zero-order valence-corrected chi connectivity index (χ0v) is 14.6. The predicted molar refractivity (Wildman–Crippen MR) is 95.4 cm³/mol. The van der Waals surface area contributed by atoms with Gasteiger partial charge in [0.05, 0.1) is 11.9 Å². The molecule has 2 aromatic carbocycles. The van der Waals surface area contributed by atoms with Gasteiger partial charge in [-0.05, 0) is 24.3 Å². The van der Waals surface area contributed by atoms with Crippen LogP contribution in [0.5, 0.6) is 5.75 Å². The van der Waals surface area contributed by atoms with Crippen molar-refractivity contribution in [2.75, 3.05) is 0 Å². The molecule has 0 saturated carbocycles. The highest BCUT2D eigenvalue weighted by Gasteiger charge is 2.32. The van der Waals surface area contributed by atoms with E-state index in [9.17, 15) is 22.4 Å². The van der Waals surface area contributed by atoms with E-state index in [4.69, 9.17) is 0 Å². The minimum absolute atomic E-state index is 0.110. The summed E-state index contributed by atoms with van der Waals surface area (Å²) in [5.41, 5.74) is 0.180. The Morgan fingerprint density at radius 2 is 1.90 bits per heavy atom. The van der Waals surface area contributed by atoms with Gasteiger partial charge in [-0.1, -0.05) is 24.3 Å². The van der Waals surface area contributed by atoms with E-state index in [0.717, 1.165) is 0 Å². The molecule has 0 unspecified atom stereocenters. The van der Waals surface area contributed by atoms with E-state index < -0.39 is 17.7 Å². The molecule has 6 nitrogen and oxygen atoms in total. The van der Waals surface area contributed by atoms with Crippen molar-refractivity contribution in [3.63, 3.8) is 0 Å². The molecule has 0 atom stereocenters. The first-order valence-electron chi connectivity index (χ1n) is 8.37. The van der Waals surface area contributed by atoms with E-state index in [2.05, 4.69) is 19.8 Å². The van der Waals surface area contributed by atoms with E-state index in [-0.39, 0.29) is 34.6 Å². The molecule has 0 bridgehead atoms. The number of ether oxygens (including phenoxy) is 1. The molecule has 0 amide bonds. The van der Waals surface area contributed by atoms with Crippen LogP contribution in [-0.2, 0) is 6.42 Å². The van der Waals surface area contributed by atoms with Crippen LogP contribution in [0.2, 0.25) is 0 Å². The molecule has 0 aliphatic heterocycles. The van der Waals surface area contributed by atoms with Gasteiger partial charge in [0.25, 0.3) is 5.56 Å². The standard InChI is InChI=1S/C19H12F4N4O2/c20-12-5-3-6-13(9-12)27-17-14(10-24-27)18(28)26-16(25-17)8-11-4-1-2-7-15(11)29-19(21,22)23/h1-7,9-10H,8H2,(H,25,26,28). The Kier molecular flexibility index (Phi) is 4.53. The highest BCUT2D eigenvalue weighted by Crippen LogP contribution is 2.27. The number of aromatic nitrogens is 4. The number of rotatable bonds is 4. The number of benzene rings is 2. The number of aromatic amines is 1. The van der Waals surface area contributed by atoms with Crippen LogP contribution in [0.3, 0.4) is 0 Å². The van der Waals surface area contributed by atoms with Crippen LogP contribution in [0.25, 0.3) is 16.7 Å². The van der Waals surface area contributed by atoms with E-state index in [1.807, 2.05) is 0 Å². The summed E-state index contributed by atoms with van der Waals surface area (Å²) in [7, 11) is 0. The normalized spacial score (nSPS) is 11.7. The molecule has 10 heteroatoms. The number of hydrogen-bond donors (Lipinski definition) is 1. The highest BCUT2D eigenvalue weighted by molar-refractivity contribution is 5.75. The van der Waals surface area contributed by atoms with Crippen LogP contribution < -0.4 is 10.3 Å². The van der Waals surface area contributed by atoms with Crippen molar-refractivity contribution >= 4 is 11.0 Å². The minimum atomic E-state index is -4.85. The van der Waals surface area contributed by atoms with Gasteiger partial charge < -0.3 is 9.72 Å². The molecule has 2 heterocycles. The second-order valence-corrected chi connectivity index (χ2v) is 6.12. The number of nitrogens with zero attached hydrogens (tertiary/aromatic N) is 3. The summed E-state index contributed by atoms with van der Waals surface area (Å²) in [6, 6.07) is 11.1. The molecule has 148 valence electrons. The summed E-state index contributed by atoms with van der Waals surface area (Å²) in [6.45, 7) is 0. The van der Waals surface area contributed by atoms with Crippen molar-refractivity contribution in [3.05, 3.63) is 82.3 Å². The molecule has 0 spiro atoms. The third kappa shape index (κ3) is 3.96. The molecule has 0 aliphatic rings. The fourth-order valence-electron chi connectivity index (χ4n) is 2.90. The maximum Gasteiger partial charge on any atom is 0.573 e. The molecule has 0 saturated heterocycles. The van der Waals surface area contributed by atoms with E-state index >= 15 is 0 Å². The average Bonchev–Trinajstić information content (AvgIpc) is 3.07. The zero-order valence-electron chi connectivity index (χ0n) is 14.6. The Bertz CT molecular complexity index is 1250. The second kappa shape index (κ2) is 7.04. The number of halogens is 4. The molecular weight excluding hydrogens is 392 g/mol. The minimum Gasteiger partial charge on any atom is -0.405 e. The molecule has 4 rings (SSSR count). The Hall–Kier alpha value is -3.69. The van der Waals surface area contributed by atoms with Crippen LogP contribution in [0.1, 0.15) is 11.4 Å². The van der Waals surface area contributed by atoms with Gasteiger partial charge in [0, 0.05) is 12.0 Å². The lowest BCUT2D eigenvalue weighted by atomic mass is 10.1. The van der Waals surface area contributed by atoms with Gasteiger partial charge in [-0.25, -0.2) is 14.1 Å². The highest BCUT2D eigenvalue weighted by atomic mass is 19.4. The monoisotopic (exact) mass is 404 g/mol. The first-order valence-corrected chi connectivity index (χ1v) is 8.37. The fourth-order valence-corrected chi connectivity index (χ4v) is 2.90. The SMILES string of the molecule is O=c1[nH]c(Cc2ccccc2OC(F)(F)F)nc2c1cnn2-c1cccc(F)c1. The number of para-hydroxylation sites is 1. The Labute approximate surface area is 160 Å². The molecule has 29 heavy (non-hydrogen) atoms. The number of hydrogen-bond acceptors (Lipinski definition) is 4. The summed E-state index contributed by atoms with van der Waals surface area (Å²) in [4.78, 5) is 19.2. The van der Waals surface area contributed by atoms with Crippen LogP contribution in [0.15, 0.2) is 59.5 Å². The van der Waals surface area contributed by atoms with Crippen molar-refractivity contribution < 1.29 is 22.3 Å². The van der Waals surface area contributed by atoms with Gasteiger partial charge in [0.1, 0.15) is 22.8 Å². The van der Waals surface area contributed by atoms with Crippen LogP contribution in [-0.4, -0.2) is 26.1 Å². The molecule has 4 aromatic rings. The number of H-pyrrole nitrogens is 1. The molecular formula is C19H12F4N4O2. The van der Waals surface area contributed by atoms with Crippen molar-refractivity contribution in [1.82, 2.24) is 19.7 Å². The van der Waals surface area contributed by atoms with Crippen LogP contribution in [0, 0.1) is 5.82 Å². The van der Waals surface area contributed by atoms with Crippen molar-refractivity contribution in [1.29, 1.82) is 0 Å². The lowest BCUT2D eigenvalue weighted by Crippen LogP contribution is -2.18. The van der Waals surface area contributed by atoms with Gasteiger partial charge in [-0.2, -0.15) is 5.10 Å². The predicted octanol–water partition coefficient (Wildman–Crippen LogP) is 3.74. The van der Waals surface area contributed by atoms with E-state index in [1.54, 1.807) is 12.1 Å². The molecule has 0 fully saturated rings. The first-order chi connectivity index (χ1) is 13.8. The van der Waals surface area contributed by atoms with E-state index in [0.29, 0.717) is 5.69 Å². The Morgan fingerprint density at radius 3 is 2.66 bits per heavy atom. The van der Waals surface area contributed by atoms with E-state index in [1.165, 1.54) is 47.3 Å². The third-order valence-electron chi connectivity index (χ3n) is 4.10. The number of nitrogens with one attached hydrogen (secondary N) is 1. The summed E-state index contributed by atoms with van der Waals surface area (Å²) in [5.74, 6) is -0.769. The van der Waals surface area contributed by atoms with Gasteiger partial charge in [0.15, 0.2) is 5.65 Å². The fraction of sp³-hybridized carbons (Fsp3) is 0.105. The van der Waals surface area contributed by atoms with Crippen molar-refractivity contribution in [2.45, 2.75) is 12.8 Å². The quantitative estimate of drug-likeness (QED) is 0.526. The van der Waals surface area contributed by atoms with Crippen molar-refractivity contribution in [2.24, 2.45) is 0 Å². The lowest BCUT2D eigenvalue weighted by Gasteiger charge is -2.13. The van der Waals surface area contributed by atoms with Gasteiger partial charge in [0.2, 0.25) is 0 Å². The zero-order chi connectivity index (χ0) is 20.6. The summed E-state index contributed by atoms with van der Waals surface area (Å²) in [5, 5.41) is 4.24. The topological polar surface area (TPSA) is 72.8 Å². The second-order valence-electron chi connectivity index (χ2n) is 6.12. The smallest absolute Gasteiger partial charge is 0.405 e. The third-order valence-corrected chi connectivity index (χ3v) is 4.10. The maximum absolute atomic E-state index is 13.5. The van der Waals surface area contributed by atoms with Gasteiger partial charge in [-0.15, -0.1) is 13.2 Å². The summed E-state index contributed by atoms with van der Waals surface area (Å²) in [6.07, 6.45) is -3.68. The molecule has 0 aliphatic carbocycles. The first kappa shape index (κ1) is 18.7. The lowest BCUT2D eigenvalue weighted by molar-refractivity contribution is -0.274. The van der Waals surface area contributed by atoms with Crippen LogP contribution >= 0.6 is 0 Å². The largest absolute Gasteiger partial charge is 0.573 e. The number of alkyl halides is 3. The molecule has 1 N–H and O–H groups in total. The van der Waals surface area contributed by atoms with Gasteiger partial charge in [-0.3, -0.25) is 4.79 Å². The van der Waals surface area contributed by atoms with Gasteiger partial charge >= 0.3 is 6.36 Å². The average molecular weight is 404 g/mol. The van der Waals surface area contributed by atoms with Crippen LogP contribution in [0.4, 0.5) is 17.6 Å². The summed E-state index contributed by atoms with van der Waals surface area (Å²) < 4.78 is 56.8. The van der Waals surface area contributed by atoms with Crippen molar-refractivity contribution in [3.8, 4) is 11.4 Å². The molecule has 2 aromatic heterocycles. The number of fused-ring (bicyclic) bond motifs is 1. The maximum atomic E-state index is 13.5. The molecule has 0 radical (unpaired) electrons. The summed E-state index contributed by atoms with van der Waals surface area (Å²) >= 11 is 0. The Balaban J connectivity index is 1.77. The Morgan fingerprint density at radius 1 is 1.10 bits per heavy atom.